The molecule has 1 atom stereocenters. The van der Waals surface area contributed by atoms with Crippen LogP contribution in [0.2, 0.25) is 0 Å². The summed E-state index contributed by atoms with van der Waals surface area (Å²) in [6, 6.07) is 15.2. The van der Waals surface area contributed by atoms with Crippen molar-refractivity contribution in [2.45, 2.75) is 13.0 Å². The number of hydrogen-bond acceptors (Lipinski definition) is 3. The first kappa shape index (κ1) is 11.2. The van der Waals surface area contributed by atoms with Crippen LogP contribution < -0.4 is 5.32 Å². The molecule has 0 saturated heterocycles. The van der Waals surface area contributed by atoms with Gasteiger partial charge in [-0.15, -0.1) is 11.3 Å². The van der Waals surface area contributed by atoms with Crippen LogP contribution in [-0.2, 0) is 0 Å². The van der Waals surface area contributed by atoms with Gasteiger partial charge in [0.05, 0.1) is 6.04 Å². The lowest BCUT2D eigenvalue weighted by atomic mass is 10.00. The van der Waals surface area contributed by atoms with Crippen LogP contribution in [0.5, 0.6) is 0 Å². The lowest BCUT2D eigenvalue weighted by molar-refractivity contribution is 0.891. The second-order valence-corrected chi connectivity index (χ2v) is 5.17. The van der Waals surface area contributed by atoms with Gasteiger partial charge in [0.2, 0.25) is 0 Å². The maximum Gasteiger partial charge on any atom is 0.183 e. The maximum absolute atomic E-state index is 4.27. The minimum absolute atomic E-state index is 0.252. The standard InChI is InChI=1S/C15H14N2S/c1-11(17-15-16-9-10-18-15)13-8-4-6-12-5-2-3-7-14(12)13/h2-11H,1H3,(H,16,17). The zero-order chi connectivity index (χ0) is 12.4. The van der Waals surface area contributed by atoms with E-state index >= 15 is 0 Å². The Hall–Kier alpha value is -1.87. The summed E-state index contributed by atoms with van der Waals surface area (Å²) in [6.07, 6.45) is 1.82. The zero-order valence-corrected chi connectivity index (χ0v) is 10.9. The van der Waals surface area contributed by atoms with Gasteiger partial charge in [0.15, 0.2) is 5.13 Å². The summed E-state index contributed by atoms with van der Waals surface area (Å²) in [6.45, 7) is 2.17. The van der Waals surface area contributed by atoms with Gasteiger partial charge in [-0.05, 0) is 23.3 Å². The SMILES string of the molecule is CC(Nc1nccs1)c1cccc2ccccc12. The Bertz CT molecular complexity index is 641. The fourth-order valence-corrected chi connectivity index (χ4v) is 2.80. The van der Waals surface area contributed by atoms with Gasteiger partial charge < -0.3 is 5.32 Å². The Morgan fingerprint density at radius 3 is 2.78 bits per heavy atom. The van der Waals surface area contributed by atoms with Crippen molar-refractivity contribution in [2.75, 3.05) is 5.32 Å². The van der Waals surface area contributed by atoms with Crippen molar-refractivity contribution in [3.8, 4) is 0 Å². The first-order chi connectivity index (χ1) is 8.84. The molecule has 2 aromatic carbocycles. The lowest BCUT2D eigenvalue weighted by Crippen LogP contribution is -2.06. The van der Waals surface area contributed by atoms with Crippen LogP contribution in [0.4, 0.5) is 5.13 Å². The highest BCUT2D eigenvalue weighted by molar-refractivity contribution is 7.13. The molecule has 3 heteroatoms. The summed E-state index contributed by atoms with van der Waals surface area (Å²) in [4.78, 5) is 4.27. The largest absolute Gasteiger partial charge is 0.355 e. The highest BCUT2D eigenvalue weighted by Gasteiger charge is 2.09. The number of fused-ring (bicyclic) bond motifs is 1. The van der Waals surface area contributed by atoms with Gasteiger partial charge in [0, 0.05) is 11.6 Å². The second-order valence-electron chi connectivity index (χ2n) is 4.27. The van der Waals surface area contributed by atoms with E-state index in [1.54, 1.807) is 11.3 Å². The van der Waals surface area contributed by atoms with Crippen LogP contribution in [-0.4, -0.2) is 4.98 Å². The Kier molecular flexibility index (Phi) is 2.99. The van der Waals surface area contributed by atoms with Crippen LogP contribution in [0.1, 0.15) is 18.5 Å². The molecule has 0 fully saturated rings. The van der Waals surface area contributed by atoms with E-state index in [0.717, 1.165) is 5.13 Å². The number of hydrogen-bond donors (Lipinski definition) is 1. The fraction of sp³-hybridized carbons (Fsp3) is 0.133. The van der Waals surface area contributed by atoms with Gasteiger partial charge >= 0.3 is 0 Å². The third kappa shape index (κ3) is 2.09. The van der Waals surface area contributed by atoms with Crippen LogP contribution in [0.15, 0.2) is 54.0 Å². The molecule has 3 aromatic rings. The van der Waals surface area contributed by atoms with E-state index in [2.05, 4.69) is 59.7 Å². The fourth-order valence-electron chi connectivity index (χ4n) is 2.19. The number of aromatic nitrogens is 1. The quantitative estimate of drug-likeness (QED) is 0.746. The van der Waals surface area contributed by atoms with Gasteiger partial charge in [-0.2, -0.15) is 0 Å². The highest BCUT2D eigenvalue weighted by Crippen LogP contribution is 2.27. The van der Waals surface area contributed by atoms with E-state index in [-0.39, 0.29) is 6.04 Å². The van der Waals surface area contributed by atoms with Crippen molar-refractivity contribution in [1.29, 1.82) is 0 Å². The summed E-state index contributed by atoms with van der Waals surface area (Å²) >= 11 is 1.63. The number of benzene rings is 2. The zero-order valence-electron chi connectivity index (χ0n) is 10.1. The molecule has 1 aromatic heterocycles. The van der Waals surface area contributed by atoms with E-state index in [4.69, 9.17) is 0 Å². The molecule has 1 N–H and O–H groups in total. The molecule has 0 amide bonds. The smallest absolute Gasteiger partial charge is 0.183 e. The van der Waals surface area contributed by atoms with Gasteiger partial charge in [-0.1, -0.05) is 42.5 Å². The van der Waals surface area contributed by atoms with Gasteiger partial charge in [0.1, 0.15) is 0 Å². The Morgan fingerprint density at radius 2 is 1.94 bits per heavy atom. The molecule has 0 aliphatic rings. The lowest BCUT2D eigenvalue weighted by Gasteiger charge is -2.15. The normalized spacial score (nSPS) is 12.5. The predicted molar refractivity (Wildman–Crippen MR) is 78.1 cm³/mol. The molecule has 1 unspecified atom stereocenters. The highest BCUT2D eigenvalue weighted by atomic mass is 32.1. The number of thiazole rings is 1. The number of nitrogens with zero attached hydrogens (tertiary/aromatic N) is 1. The minimum Gasteiger partial charge on any atom is -0.355 e. The molecule has 0 saturated carbocycles. The van der Waals surface area contributed by atoms with E-state index < -0.39 is 0 Å². The first-order valence-corrected chi connectivity index (χ1v) is 6.86. The molecule has 2 nitrogen and oxygen atoms in total. The summed E-state index contributed by atoms with van der Waals surface area (Å²) in [7, 11) is 0. The molecule has 3 rings (SSSR count). The molecule has 0 bridgehead atoms. The van der Waals surface area contributed by atoms with E-state index in [0.29, 0.717) is 0 Å². The molecule has 18 heavy (non-hydrogen) atoms. The van der Waals surface area contributed by atoms with Crippen LogP contribution in [0, 0.1) is 0 Å². The topological polar surface area (TPSA) is 24.9 Å². The molecule has 90 valence electrons. The first-order valence-electron chi connectivity index (χ1n) is 5.98. The van der Waals surface area contributed by atoms with Crippen molar-refractivity contribution in [3.63, 3.8) is 0 Å². The molecule has 0 aliphatic heterocycles. The minimum atomic E-state index is 0.252. The number of rotatable bonds is 3. The van der Waals surface area contributed by atoms with E-state index in [1.165, 1.54) is 16.3 Å². The molecule has 0 aliphatic carbocycles. The number of nitrogens with one attached hydrogen (secondary N) is 1. The summed E-state index contributed by atoms with van der Waals surface area (Å²) in [5.74, 6) is 0. The summed E-state index contributed by atoms with van der Waals surface area (Å²) < 4.78 is 0. The summed E-state index contributed by atoms with van der Waals surface area (Å²) in [5, 5.41) is 8.97. The molecule has 0 radical (unpaired) electrons. The average molecular weight is 254 g/mol. The molecule has 1 heterocycles. The second kappa shape index (κ2) is 4.78. The van der Waals surface area contributed by atoms with Gasteiger partial charge in [0.25, 0.3) is 0 Å². The van der Waals surface area contributed by atoms with Crippen molar-refractivity contribution in [2.24, 2.45) is 0 Å². The van der Waals surface area contributed by atoms with Crippen molar-refractivity contribution in [1.82, 2.24) is 4.98 Å². The van der Waals surface area contributed by atoms with Gasteiger partial charge in [-0.3, -0.25) is 0 Å². The number of anilines is 1. The predicted octanol–water partition coefficient (Wildman–Crippen LogP) is 4.47. The monoisotopic (exact) mass is 254 g/mol. The Labute approximate surface area is 110 Å². The molecule has 0 spiro atoms. The average Bonchev–Trinajstić information content (AvgIpc) is 2.91. The molecular formula is C15H14N2S. The van der Waals surface area contributed by atoms with Gasteiger partial charge in [-0.25, -0.2) is 4.98 Å². The summed E-state index contributed by atoms with van der Waals surface area (Å²) in [5.41, 5.74) is 1.31. The van der Waals surface area contributed by atoms with Crippen LogP contribution in [0.25, 0.3) is 10.8 Å². The van der Waals surface area contributed by atoms with Crippen LogP contribution >= 0.6 is 11.3 Å². The van der Waals surface area contributed by atoms with Crippen LogP contribution in [0.3, 0.4) is 0 Å². The Balaban J connectivity index is 1.98. The molecular weight excluding hydrogens is 240 g/mol. The van der Waals surface area contributed by atoms with Crippen molar-refractivity contribution >= 4 is 27.2 Å². The van der Waals surface area contributed by atoms with E-state index in [1.807, 2.05) is 11.6 Å². The third-order valence-electron chi connectivity index (χ3n) is 3.06. The third-order valence-corrected chi connectivity index (χ3v) is 3.77. The van der Waals surface area contributed by atoms with Crippen molar-refractivity contribution in [3.05, 3.63) is 59.6 Å². The van der Waals surface area contributed by atoms with E-state index in [9.17, 15) is 0 Å². The maximum atomic E-state index is 4.27. The van der Waals surface area contributed by atoms with Crippen molar-refractivity contribution < 1.29 is 0 Å². The Morgan fingerprint density at radius 1 is 1.11 bits per heavy atom.